The number of aromatic carboxylic acids is 1. The number of carboxylic acid groups (broad SMARTS) is 1. The third kappa shape index (κ3) is 2.42. The lowest BCUT2D eigenvalue weighted by Crippen LogP contribution is -2.39. The van der Waals surface area contributed by atoms with Gasteiger partial charge in [0.2, 0.25) is 17.7 Å². The van der Waals surface area contributed by atoms with E-state index in [2.05, 4.69) is 5.32 Å². The van der Waals surface area contributed by atoms with Crippen molar-refractivity contribution < 1.29 is 24.3 Å². The monoisotopic (exact) mass is 341 g/mol. The fourth-order valence-electron chi connectivity index (χ4n) is 4.73. The van der Waals surface area contributed by atoms with Crippen LogP contribution in [-0.2, 0) is 14.4 Å². The van der Waals surface area contributed by atoms with Gasteiger partial charge in [0.1, 0.15) is 6.54 Å². The molecule has 2 bridgehead atoms. The first-order valence-corrected chi connectivity index (χ1v) is 8.43. The number of carbonyl (C=O) groups excluding carboxylic acids is 4. The number of carbonyl (C=O) groups is 4. The van der Waals surface area contributed by atoms with E-state index in [4.69, 9.17) is 0 Å². The molecule has 3 aliphatic rings. The molecule has 4 atom stereocenters. The molecule has 7 nitrogen and oxygen atoms in total. The molecule has 0 unspecified atom stereocenters. The van der Waals surface area contributed by atoms with E-state index < -0.39 is 11.9 Å². The van der Waals surface area contributed by atoms with Crippen molar-refractivity contribution in [1.82, 2.24) is 4.90 Å². The molecule has 0 radical (unpaired) electrons. The number of fused-ring (bicyclic) bond motifs is 5. The van der Waals surface area contributed by atoms with Gasteiger partial charge in [-0.2, -0.15) is 0 Å². The minimum Gasteiger partial charge on any atom is -0.545 e. The fraction of sp³-hybridized carbons (Fsp3) is 0.444. The summed E-state index contributed by atoms with van der Waals surface area (Å²) < 4.78 is 0. The molecule has 130 valence electrons. The summed E-state index contributed by atoms with van der Waals surface area (Å²) >= 11 is 0. The molecule has 1 aromatic rings. The average molecular weight is 341 g/mol. The Morgan fingerprint density at radius 2 is 1.68 bits per heavy atom. The van der Waals surface area contributed by atoms with Gasteiger partial charge in [-0.25, -0.2) is 0 Å². The van der Waals surface area contributed by atoms with E-state index in [9.17, 15) is 24.3 Å². The van der Waals surface area contributed by atoms with E-state index in [0.717, 1.165) is 24.2 Å². The number of nitrogens with zero attached hydrogens (tertiary/aromatic N) is 1. The quantitative estimate of drug-likeness (QED) is 0.777. The van der Waals surface area contributed by atoms with E-state index in [-0.39, 0.29) is 53.3 Å². The van der Waals surface area contributed by atoms with Crippen LogP contribution in [0.5, 0.6) is 0 Å². The SMILES string of the molecule is O=C(CN1C(=O)[C@@H]2[C@H]3CC[C@@H](C3)[C@@H]2C1=O)Nc1ccccc1C(=O)[O-]. The Morgan fingerprint density at radius 3 is 2.28 bits per heavy atom. The van der Waals surface area contributed by atoms with Crippen LogP contribution in [0.1, 0.15) is 29.6 Å². The van der Waals surface area contributed by atoms with Crippen molar-refractivity contribution >= 4 is 29.4 Å². The number of para-hydroxylation sites is 1. The second kappa shape index (κ2) is 5.68. The highest BCUT2D eigenvalue weighted by atomic mass is 16.4. The number of hydrogen-bond acceptors (Lipinski definition) is 5. The first kappa shape index (κ1) is 15.8. The van der Waals surface area contributed by atoms with Crippen molar-refractivity contribution in [3.63, 3.8) is 0 Å². The Hall–Kier alpha value is -2.70. The highest BCUT2D eigenvalue weighted by Gasteiger charge is 2.60. The van der Waals surface area contributed by atoms with E-state index in [1.807, 2.05) is 0 Å². The number of rotatable bonds is 4. The molecule has 3 amide bonds. The summed E-state index contributed by atoms with van der Waals surface area (Å²) in [5, 5.41) is 13.5. The third-order valence-corrected chi connectivity index (χ3v) is 5.74. The molecule has 2 aliphatic carbocycles. The van der Waals surface area contributed by atoms with Gasteiger partial charge in [-0.1, -0.05) is 18.2 Å². The minimum atomic E-state index is -1.41. The topological polar surface area (TPSA) is 107 Å². The molecule has 25 heavy (non-hydrogen) atoms. The third-order valence-electron chi connectivity index (χ3n) is 5.74. The molecule has 1 aromatic carbocycles. The Bertz CT molecular complexity index is 761. The van der Waals surface area contributed by atoms with E-state index in [0.29, 0.717) is 0 Å². The maximum absolute atomic E-state index is 12.6. The van der Waals surface area contributed by atoms with Crippen LogP contribution in [0.2, 0.25) is 0 Å². The summed E-state index contributed by atoms with van der Waals surface area (Å²) in [6.45, 7) is -0.383. The second-order valence-electron chi connectivity index (χ2n) is 7.03. The Labute approximate surface area is 144 Å². The van der Waals surface area contributed by atoms with Gasteiger partial charge in [-0.05, 0) is 37.2 Å². The molecule has 0 spiro atoms. The average Bonchev–Trinajstić information content (AvgIpc) is 3.25. The van der Waals surface area contributed by atoms with Crippen LogP contribution < -0.4 is 10.4 Å². The maximum Gasteiger partial charge on any atom is 0.244 e. The van der Waals surface area contributed by atoms with Crippen molar-refractivity contribution in [2.75, 3.05) is 11.9 Å². The molecule has 1 heterocycles. The molecule has 0 aromatic heterocycles. The molecule has 4 rings (SSSR count). The molecular formula is C18H17N2O5-. The summed E-state index contributed by atoms with van der Waals surface area (Å²) in [4.78, 5) is 49.5. The molecule has 3 fully saturated rings. The predicted molar refractivity (Wildman–Crippen MR) is 83.9 cm³/mol. The van der Waals surface area contributed by atoms with Gasteiger partial charge in [0.15, 0.2) is 0 Å². The van der Waals surface area contributed by atoms with Crippen LogP contribution in [-0.4, -0.2) is 35.1 Å². The summed E-state index contributed by atoms with van der Waals surface area (Å²) in [6, 6.07) is 5.85. The summed E-state index contributed by atoms with van der Waals surface area (Å²) in [5.41, 5.74) is -0.0586. The van der Waals surface area contributed by atoms with Gasteiger partial charge >= 0.3 is 0 Å². The van der Waals surface area contributed by atoms with Crippen molar-refractivity contribution in [2.24, 2.45) is 23.7 Å². The number of benzene rings is 1. The molecule has 1 saturated heterocycles. The van der Waals surface area contributed by atoms with E-state index in [1.165, 1.54) is 18.2 Å². The highest BCUT2D eigenvalue weighted by molar-refractivity contribution is 6.10. The lowest BCUT2D eigenvalue weighted by atomic mass is 9.81. The highest BCUT2D eigenvalue weighted by Crippen LogP contribution is 2.56. The van der Waals surface area contributed by atoms with Crippen LogP contribution in [0, 0.1) is 23.7 Å². The lowest BCUT2D eigenvalue weighted by Gasteiger charge is -2.19. The summed E-state index contributed by atoms with van der Waals surface area (Å²) in [6.07, 6.45) is 2.89. The van der Waals surface area contributed by atoms with Crippen molar-refractivity contribution in [1.29, 1.82) is 0 Å². The predicted octanol–water partition coefficient (Wildman–Crippen LogP) is 0.0197. The fourth-order valence-corrected chi connectivity index (χ4v) is 4.73. The van der Waals surface area contributed by atoms with Crippen molar-refractivity contribution in [3.05, 3.63) is 29.8 Å². The number of hydrogen-bond donors (Lipinski definition) is 1. The zero-order valence-corrected chi connectivity index (χ0v) is 13.4. The molecule has 2 saturated carbocycles. The minimum absolute atomic E-state index is 0.0897. The van der Waals surface area contributed by atoms with Crippen LogP contribution in [0.25, 0.3) is 0 Å². The number of carboxylic acids is 1. The normalized spacial score (nSPS) is 29.8. The standard InChI is InChI=1S/C18H18N2O5/c21-13(19-12-4-2-1-3-11(12)18(24)25)8-20-16(22)14-9-5-6-10(7-9)15(14)17(20)23/h1-4,9-10,14-15H,5-8H2,(H,19,21)(H,24,25)/p-1/t9-,10-,14-,15+/m0/s1. The van der Waals surface area contributed by atoms with Gasteiger partial charge in [-0.15, -0.1) is 0 Å². The van der Waals surface area contributed by atoms with Gasteiger partial charge in [-0.3, -0.25) is 19.3 Å². The second-order valence-corrected chi connectivity index (χ2v) is 7.03. The first-order chi connectivity index (χ1) is 12.0. The summed E-state index contributed by atoms with van der Waals surface area (Å²) in [7, 11) is 0. The van der Waals surface area contributed by atoms with Crippen LogP contribution in [0.4, 0.5) is 5.69 Å². The Kier molecular flexibility index (Phi) is 3.59. The van der Waals surface area contributed by atoms with Crippen molar-refractivity contribution in [2.45, 2.75) is 19.3 Å². The Morgan fingerprint density at radius 1 is 1.08 bits per heavy atom. The van der Waals surface area contributed by atoms with Gasteiger partial charge in [0.05, 0.1) is 17.8 Å². The van der Waals surface area contributed by atoms with Crippen molar-refractivity contribution in [3.8, 4) is 0 Å². The van der Waals surface area contributed by atoms with Crippen LogP contribution >= 0.6 is 0 Å². The molecule has 1 aliphatic heterocycles. The van der Waals surface area contributed by atoms with E-state index >= 15 is 0 Å². The zero-order chi connectivity index (χ0) is 17.7. The van der Waals surface area contributed by atoms with Crippen LogP contribution in [0.15, 0.2) is 24.3 Å². The smallest absolute Gasteiger partial charge is 0.244 e. The Balaban J connectivity index is 1.48. The summed E-state index contributed by atoms with van der Waals surface area (Å²) in [5.74, 6) is -2.53. The maximum atomic E-state index is 12.6. The first-order valence-electron chi connectivity index (χ1n) is 8.43. The molecular weight excluding hydrogens is 324 g/mol. The number of anilines is 1. The van der Waals surface area contributed by atoms with Crippen LogP contribution in [0.3, 0.4) is 0 Å². The number of imide groups is 1. The molecule has 7 heteroatoms. The van der Waals surface area contributed by atoms with Gasteiger partial charge in [0, 0.05) is 11.3 Å². The number of amides is 3. The largest absolute Gasteiger partial charge is 0.545 e. The van der Waals surface area contributed by atoms with Gasteiger partial charge in [0.25, 0.3) is 0 Å². The zero-order valence-electron chi connectivity index (χ0n) is 13.4. The number of nitrogens with one attached hydrogen (secondary N) is 1. The van der Waals surface area contributed by atoms with E-state index in [1.54, 1.807) is 6.07 Å². The number of likely N-dealkylation sites (tertiary alicyclic amines) is 1. The van der Waals surface area contributed by atoms with Gasteiger partial charge < -0.3 is 15.2 Å². The molecule has 1 N–H and O–H groups in total. The lowest BCUT2D eigenvalue weighted by molar-refractivity contribution is -0.254.